The summed E-state index contributed by atoms with van der Waals surface area (Å²) in [7, 11) is 0. The Balaban J connectivity index is 1.26. The Hall–Kier alpha value is -3.95. The molecule has 9 heteroatoms. The van der Waals surface area contributed by atoms with Gasteiger partial charge in [-0.2, -0.15) is 0 Å². The molecule has 0 amide bonds. The minimum absolute atomic E-state index is 0.0763. The minimum Gasteiger partial charge on any atom is -0.453 e. The van der Waals surface area contributed by atoms with Crippen molar-refractivity contribution >= 4 is 27.3 Å². The molecule has 0 saturated heterocycles. The van der Waals surface area contributed by atoms with E-state index in [4.69, 9.17) is 9.26 Å². The average molecular weight is 573 g/mol. The van der Waals surface area contributed by atoms with Crippen molar-refractivity contribution in [3.8, 4) is 22.1 Å². The van der Waals surface area contributed by atoms with E-state index in [2.05, 4.69) is 33.4 Å². The number of benzene rings is 1. The molecule has 0 aliphatic carbocycles. The summed E-state index contributed by atoms with van der Waals surface area (Å²) in [6.07, 6.45) is 4.82. The maximum Gasteiger partial charge on any atom is 0.166 e. The standard InChI is InChI=1S/C32H33FN4O3S/c1-5-11-34-18-21-6-8-25(36-19-21)29-17-26-31(41-29)28(10-12-35-26)39-27-9-7-20(14-24(27)33)13-23(38)15-22-16-30(40-37-22)32(2,3)4/h6-10,12,14,16-17,19,34H,5,11,13,15,18H2,1-4H3. The summed E-state index contributed by atoms with van der Waals surface area (Å²) in [5.41, 5.74) is 3.68. The lowest BCUT2D eigenvalue weighted by Crippen LogP contribution is -2.13. The molecule has 4 aromatic heterocycles. The van der Waals surface area contributed by atoms with E-state index in [0.717, 1.165) is 51.6 Å². The third-order valence-corrected chi connectivity index (χ3v) is 7.66. The highest BCUT2D eigenvalue weighted by Gasteiger charge is 2.21. The van der Waals surface area contributed by atoms with E-state index < -0.39 is 5.82 Å². The predicted molar refractivity (Wildman–Crippen MR) is 159 cm³/mol. The molecule has 5 aromatic rings. The molecule has 0 aliphatic heterocycles. The van der Waals surface area contributed by atoms with Crippen LogP contribution in [0.5, 0.6) is 11.5 Å². The van der Waals surface area contributed by atoms with Crippen LogP contribution in [-0.4, -0.2) is 27.5 Å². The quantitative estimate of drug-likeness (QED) is 0.165. The van der Waals surface area contributed by atoms with Crippen molar-refractivity contribution in [3.05, 3.63) is 89.3 Å². The van der Waals surface area contributed by atoms with Gasteiger partial charge < -0.3 is 14.6 Å². The van der Waals surface area contributed by atoms with E-state index in [1.54, 1.807) is 30.5 Å². The summed E-state index contributed by atoms with van der Waals surface area (Å²) in [6, 6.07) is 14.2. The second kappa shape index (κ2) is 12.3. The third kappa shape index (κ3) is 7.04. The highest BCUT2D eigenvalue weighted by Crippen LogP contribution is 2.39. The first-order chi connectivity index (χ1) is 19.7. The second-order valence-corrected chi connectivity index (χ2v) is 12.1. The molecule has 41 heavy (non-hydrogen) atoms. The molecule has 0 atom stereocenters. The van der Waals surface area contributed by atoms with Crippen LogP contribution in [0.3, 0.4) is 0 Å². The fourth-order valence-corrected chi connectivity index (χ4v) is 5.34. The monoisotopic (exact) mass is 572 g/mol. The number of halogens is 1. The van der Waals surface area contributed by atoms with Gasteiger partial charge in [0.1, 0.15) is 17.3 Å². The maximum absolute atomic E-state index is 15.1. The third-order valence-electron chi connectivity index (χ3n) is 6.50. The zero-order chi connectivity index (χ0) is 29.0. The fourth-order valence-electron chi connectivity index (χ4n) is 4.30. The molecule has 4 heterocycles. The SMILES string of the molecule is CCCNCc1ccc(-c2cc3nccc(Oc4ccc(CC(=O)Cc5cc(C(C)(C)C)on5)cc4F)c3s2)nc1. The number of pyridine rings is 2. The van der Waals surface area contributed by atoms with E-state index >= 15 is 4.39 Å². The summed E-state index contributed by atoms with van der Waals surface area (Å²) in [5, 5.41) is 7.38. The maximum atomic E-state index is 15.1. The number of aromatic nitrogens is 3. The highest BCUT2D eigenvalue weighted by molar-refractivity contribution is 7.22. The minimum atomic E-state index is -0.539. The summed E-state index contributed by atoms with van der Waals surface area (Å²) >= 11 is 1.50. The predicted octanol–water partition coefficient (Wildman–Crippen LogP) is 7.43. The van der Waals surface area contributed by atoms with Crippen molar-refractivity contribution in [2.75, 3.05) is 6.54 Å². The molecular formula is C32H33FN4O3S. The van der Waals surface area contributed by atoms with Gasteiger partial charge in [-0.05, 0) is 48.4 Å². The van der Waals surface area contributed by atoms with Gasteiger partial charge in [-0.3, -0.25) is 14.8 Å². The van der Waals surface area contributed by atoms with Gasteiger partial charge in [0.25, 0.3) is 0 Å². The topological polar surface area (TPSA) is 90.1 Å². The Morgan fingerprint density at radius 1 is 1.02 bits per heavy atom. The molecule has 0 aliphatic rings. The zero-order valence-corrected chi connectivity index (χ0v) is 24.5. The van der Waals surface area contributed by atoms with E-state index in [0.29, 0.717) is 17.0 Å². The van der Waals surface area contributed by atoms with Crippen molar-refractivity contribution in [1.29, 1.82) is 0 Å². The van der Waals surface area contributed by atoms with Crippen molar-refractivity contribution < 1.29 is 18.4 Å². The first-order valence-corrected chi connectivity index (χ1v) is 14.5. The van der Waals surface area contributed by atoms with Crippen LogP contribution in [0, 0.1) is 5.82 Å². The van der Waals surface area contributed by atoms with Crippen LogP contribution in [0.1, 0.15) is 56.7 Å². The normalized spacial score (nSPS) is 11.7. The summed E-state index contributed by atoms with van der Waals surface area (Å²) in [5.74, 6) is 0.697. The van der Waals surface area contributed by atoms with Gasteiger partial charge in [0.05, 0.1) is 32.9 Å². The van der Waals surface area contributed by atoms with Crippen molar-refractivity contribution in [3.63, 3.8) is 0 Å². The number of fused-ring (bicyclic) bond motifs is 1. The van der Waals surface area contributed by atoms with Crippen LogP contribution in [0.2, 0.25) is 0 Å². The van der Waals surface area contributed by atoms with Crippen LogP contribution in [0.25, 0.3) is 20.8 Å². The number of carbonyl (C=O) groups is 1. The molecule has 0 radical (unpaired) electrons. The average Bonchev–Trinajstić information content (AvgIpc) is 3.59. The lowest BCUT2D eigenvalue weighted by molar-refractivity contribution is -0.117. The van der Waals surface area contributed by atoms with E-state index in [9.17, 15) is 4.79 Å². The molecule has 0 spiro atoms. The smallest absolute Gasteiger partial charge is 0.166 e. The van der Waals surface area contributed by atoms with Gasteiger partial charge in [0, 0.05) is 42.9 Å². The molecule has 0 bridgehead atoms. The van der Waals surface area contributed by atoms with E-state index in [1.807, 2.05) is 39.1 Å². The number of ketones is 1. The fraction of sp³-hybridized carbons (Fsp3) is 0.312. The Bertz CT molecular complexity index is 1650. The number of nitrogens with zero attached hydrogens (tertiary/aromatic N) is 3. The zero-order valence-electron chi connectivity index (χ0n) is 23.7. The van der Waals surface area contributed by atoms with Gasteiger partial charge >= 0.3 is 0 Å². The molecule has 212 valence electrons. The van der Waals surface area contributed by atoms with E-state index in [1.165, 1.54) is 17.4 Å². The van der Waals surface area contributed by atoms with Crippen molar-refractivity contribution in [1.82, 2.24) is 20.4 Å². The first kappa shape index (κ1) is 28.6. The van der Waals surface area contributed by atoms with Gasteiger partial charge in [-0.1, -0.05) is 45.0 Å². The first-order valence-electron chi connectivity index (χ1n) is 13.7. The number of thiophene rings is 1. The molecule has 1 N–H and O–H groups in total. The number of hydrogen-bond donors (Lipinski definition) is 1. The second-order valence-electron chi connectivity index (χ2n) is 11.1. The molecule has 0 unspecified atom stereocenters. The van der Waals surface area contributed by atoms with Gasteiger partial charge in [0.2, 0.25) is 0 Å². The molecule has 0 saturated carbocycles. The summed E-state index contributed by atoms with van der Waals surface area (Å²) < 4.78 is 27.2. The number of Topliss-reactive ketones (excluding diaryl/α,β-unsaturated/α-hetero) is 1. The van der Waals surface area contributed by atoms with Gasteiger partial charge in [-0.25, -0.2) is 4.39 Å². The Morgan fingerprint density at radius 2 is 1.85 bits per heavy atom. The van der Waals surface area contributed by atoms with Crippen molar-refractivity contribution in [2.24, 2.45) is 0 Å². The summed E-state index contributed by atoms with van der Waals surface area (Å²) in [4.78, 5) is 22.7. The molecule has 1 aromatic carbocycles. The molecule has 0 fully saturated rings. The van der Waals surface area contributed by atoms with Crippen LogP contribution in [0.4, 0.5) is 4.39 Å². The Kier molecular flexibility index (Phi) is 8.56. The number of hydrogen-bond acceptors (Lipinski definition) is 8. The lowest BCUT2D eigenvalue weighted by Gasteiger charge is -2.12. The number of rotatable bonds is 11. The largest absolute Gasteiger partial charge is 0.453 e. The van der Waals surface area contributed by atoms with Crippen LogP contribution in [-0.2, 0) is 29.6 Å². The highest BCUT2D eigenvalue weighted by atomic mass is 32.1. The molecule has 5 rings (SSSR count). The van der Waals surface area contributed by atoms with Crippen LogP contribution >= 0.6 is 11.3 Å². The Labute approximate surface area is 242 Å². The van der Waals surface area contributed by atoms with Crippen molar-refractivity contribution in [2.45, 2.75) is 58.9 Å². The van der Waals surface area contributed by atoms with Crippen LogP contribution in [0.15, 0.2) is 65.4 Å². The summed E-state index contributed by atoms with van der Waals surface area (Å²) in [6.45, 7) is 9.94. The number of carbonyl (C=O) groups excluding carboxylic acids is 1. The molecule has 7 nitrogen and oxygen atoms in total. The van der Waals surface area contributed by atoms with Crippen LogP contribution < -0.4 is 10.1 Å². The Morgan fingerprint density at radius 3 is 2.56 bits per heavy atom. The van der Waals surface area contributed by atoms with Gasteiger partial charge in [0.15, 0.2) is 11.6 Å². The molecular weight excluding hydrogens is 539 g/mol. The van der Waals surface area contributed by atoms with Gasteiger partial charge in [-0.15, -0.1) is 11.3 Å². The number of nitrogens with one attached hydrogen (secondary N) is 1. The number of ether oxygens (including phenoxy) is 1. The van der Waals surface area contributed by atoms with E-state index in [-0.39, 0.29) is 29.8 Å². The lowest BCUT2D eigenvalue weighted by atomic mass is 9.93.